The van der Waals surface area contributed by atoms with E-state index in [1.165, 1.54) is 44.9 Å². The highest BCUT2D eigenvalue weighted by atomic mass is 16.5. The Morgan fingerprint density at radius 2 is 1.82 bits per heavy atom. The lowest BCUT2D eigenvalue weighted by molar-refractivity contribution is 0.415. The summed E-state index contributed by atoms with van der Waals surface area (Å²) in [5.74, 6) is 1.81. The molecule has 0 spiro atoms. The summed E-state index contributed by atoms with van der Waals surface area (Å²) in [5, 5.41) is 0. The van der Waals surface area contributed by atoms with Crippen molar-refractivity contribution in [1.29, 1.82) is 0 Å². The maximum Gasteiger partial charge on any atom is 0.123 e. The number of rotatable bonds is 10. The Labute approximate surface area is 133 Å². The molecule has 1 aromatic heterocycles. The first-order valence-electron chi connectivity index (χ1n) is 8.53. The van der Waals surface area contributed by atoms with Crippen molar-refractivity contribution >= 4 is 11.0 Å². The van der Waals surface area contributed by atoms with Crippen LogP contribution in [0, 0.1) is 0 Å². The summed E-state index contributed by atoms with van der Waals surface area (Å²) in [7, 11) is 1.68. The van der Waals surface area contributed by atoms with E-state index in [0.717, 1.165) is 29.2 Å². The molecule has 0 aliphatic rings. The SMILES string of the molecule is CCCCCCCCCn1c(CN)nc2cc(OC)ccc21. The molecule has 0 atom stereocenters. The predicted molar refractivity (Wildman–Crippen MR) is 92.2 cm³/mol. The van der Waals surface area contributed by atoms with Gasteiger partial charge in [0.15, 0.2) is 0 Å². The lowest BCUT2D eigenvalue weighted by Gasteiger charge is -2.08. The van der Waals surface area contributed by atoms with Gasteiger partial charge in [0.05, 0.1) is 24.7 Å². The van der Waals surface area contributed by atoms with Crippen LogP contribution in [0.2, 0.25) is 0 Å². The van der Waals surface area contributed by atoms with Crippen LogP contribution in [0.5, 0.6) is 5.75 Å². The molecule has 0 amide bonds. The van der Waals surface area contributed by atoms with Crippen LogP contribution in [0.25, 0.3) is 11.0 Å². The Morgan fingerprint density at radius 3 is 2.50 bits per heavy atom. The van der Waals surface area contributed by atoms with E-state index < -0.39 is 0 Å². The molecule has 1 heterocycles. The van der Waals surface area contributed by atoms with E-state index in [-0.39, 0.29) is 0 Å². The maximum atomic E-state index is 5.86. The third-order valence-corrected chi connectivity index (χ3v) is 4.20. The summed E-state index contributed by atoms with van der Waals surface area (Å²) in [6.45, 7) is 3.74. The summed E-state index contributed by atoms with van der Waals surface area (Å²) >= 11 is 0. The largest absolute Gasteiger partial charge is 0.497 e. The highest BCUT2D eigenvalue weighted by Crippen LogP contribution is 2.22. The summed E-state index contributed by atoms with van der Waals surface area (Å²) in [6.07, 6.45) is 9.21. The molecule has 0 saturated carbocycles. The first kappa shape index (κ1) is 16.8. The van der Waals surface area contributed by atoms with Gasteiger partial charge in [-0.3, -0.25) is 0 Å². The van der Waals surface area contributed by atoms with Gasteiger partial charge in [0.25, 0.3) is 0 Å². The fourth-order valence-corrected chi connectivity index (χ4v) is 2.92. The van der Waals surface area contributed by atoms with Crippen LogP contribution in [0.3, 0.4) is 0 Å². The number of unbranched alkanes of at least 4 members (excludes halogenated alkanes) is 6. The zero-order valence-corrected chi connectivity index (χ0v) is 14.0. The third kappa shape index (κ3) is 4.23. The van der Waals surface area contributed by atoms with Crippen LogP contribution in [-0.2, 0) is 13.1 Å². The molecule has 0 fully saturated rings. The average molecular weight is 303 g/mol. The van der Waals surface area contributed by atoms with E-state index >= 15 is 0 Å². The Morgan fingerprint density at radius 1 is 1.09 bits per heavy atom. The summed E-state index contributed by atoms with van der Waals surface area (Å²) in [5.41, 5.74) is 7.99. The van der Waals surface area contributed by atoms with Gasteiger partial charge in [0, 0.05) is 12.6 Å². The molecule has 22 heavy (non-hydrogen) atoms. The second-order valence-corrected chi connectivity index (χ2v) is 5.86. The lowest BCUT2D eigenvalue weighted by atomic mass is 10.1. The number of nitrogens with two attached hydrogens (primary N) is 1. The van der Waals surface area contributed by atoms with E-state index in [1.54, 1.807) is 7.11 Å². The third-order valence-electron chi connectivity index (χ3n) is 4.20. The van der Waals surface area contributed by atoms with Gasteiger partial charge in [-0.2, -0.15) is 0 Å². The maximum absolute atomic E-state index is 5.86. The molecule has 1 aromatic carbocycles. The minimum atomic E-state index is 0.480. The van der Waals surface area contributed by atoms with Crippen LogP contribution in [0.1, 0.15) is 57.7 Å². The lowest BCUT2D eigenvalue weighted by Crippen LogP contribution is -2.08. The minimum absolute atomic E-state index is 0.480. The highest BCUT2D eigenvalue weighted by molar-refractivity contribution is 5.77. The van der Waals surface area contributed by atoms with E-state index in [4.69, 9.17) is 10.5 Å². The molecule has 0 saturated heterocycles. The van der Waals surface area contributed by atoms with Crippen molar-refractivity contribution in [2.45, 2.75) is 65.0 Å². The van der Waals surface area contributed by atoms with Crippen LogP contribution in [0.15, 0.2) is 18.2 Å². The molecular formula is C18H29N3O. The summed E-state index contributed by atoms with van der Waals surface area (Å²) < 4.78 is 7.53. The van der Waals surface area contributed by atoms with E-state index in [9.17, 15) is 0 Å². The molecule has 4 heteroatoms. The van der Waals surface area contributed by atoms with Crippen molar-refractivity contribution in [3.8, 4) is 5.75 Å². The smallest absolute Gasteiger partial charge is 0.123 e. The van der Waals surface area contributed by atoms with Gasteiger partial charge >= 0.3 is 0 Å². The van der Waals surface area contributed by atoms with E-state index in [2.05, 4.69) is 22.5 Å². The molecule has 0 radical (unpaired) electrons. The zero-order chi connectivity index (χ0) is 15.8. The van der Waals surface area contributed by atoms with E-state index in [1.807, 2.05) is 12.1 Å². The highest BCUT2D eigenvalue weighted by Gasteiger charge is 2.10. The molecule has 4 nitrogen and oxygen atoms in total. The van der Waals surface area contributed by atoms with Crippen molar-refractivity contribution in [2.75, 3.05) is 7.11 Å². The molecule has 122 valence electrons. The summed E-state index contributed by atoms with van der Waals surface area (Å²) in [6, 6.07) is 6.06. The standard InChI is InChI=1S/C18H29N3O/c1-3-4-5-6-7-8-9-12-21-17-11-10-15(22-2)13-16(17)20-18(21)14-19/h10-11,13H,3-9,12,14,19H2,1-2H3. The Hall–Kier alpha value is -1.55. The van der Waals surface area contributed by atoms with Gasteiger partial charge in [0.1, 0.15) is 11.6 Å². The molecule has 2 aromatic rings. The number of aryl methyl sites for hydroxylation is 1. The number of ether oxygens (including phenoxy) is 1. The van der Waals surface area contributed by atoms with Crippen LogP contribution < -0.4 is 10.5 Å². The summed E-state index contributed by atoms with van der Waals surface area (Å²) in [4.78, 5) is 4.64. The van der Waals surface area contributed by atoms with Crippen LogP contribution >= 0.6 is 0 Å². The van der Waals surface area contributed by atoms with Gasteiger partial charge in [-0.25, -0.2) is 4.98 Å². The Bertz CT molecular complexity index is 577. The number of methoxy groups -OCH3 is 1. The number of nitrogens with zero attached hydrogens (tertiary/aromatic N) is 2. The normalized spacial score (nSPS) is 11.2. The van der Waals surface area contributed by atoms with Gasteiger partial charge < -0.3 is 15.0 Å². The van der Waals surface area contributed by atoms with Crippen molar-refractivity contribution in [2.24, 2.45) is 5.73 Å². The fraction of sp³-hybridized carbons (Fsp3) is 0.611. The first-order chi connectivity index (χ1) is 10.8. The molecule has 2 rings (SSSR count). The average Bonchev–Trinajstić information content (AvgIpc) is 2.90. The number of fused-ring (bicyclic) bond motifs is 1. The number of hydrogen-bond acceptors (Lipinski definition) is 3. The number of aromatic nitrogens is 2. The number of benzene rings is 1. The first-order valence-corrected chi connectivity index (χ1v) is 8.53. The minimum Gasteiger partial charge on any atom is -0.497 e. The van der Waals surface area contributed by atoms with Crippen molar-refractivity contribution in [1.82, 2.24) is 9.55 Å². The van der Waals surface area contributed by atoms with Gasteiger partial charge in [-0.15, -0.1) is 0 Å². The van der Waals surface area contributed by atoms with Crippen molar-refractivity contribution in [3.63, 3.8) is 0 Å². The van der Waals surface area contributed by atoms with E-state index in [0.29, 0.717) is 6.54 Å². The quantitative estimate of drug-likeness (QED) is 0.667. The van der Waals surface area contributed by atoms with Crippen molar-refractivity contribution in [3.05, 3.63) is 24.0 Å². The molecule has 0 aliphatic carbocycles. The topological polar surface area (TPSA) is 53.1 Å². The fourth-order valence-electron chi connectivity index (χ4n) is 2.92. The Kier molecular flexibility index (Phi) is 6.72. The van der Waals surface area contributed by atoms with Crippen LogP contribution in [-0.4, -0.2) is 16.7 Å². The Balaban J connectivity index is 1.94. The molecule has 2 N–H and O–H groups in total. The molecule has 0 aliphatic heterocycles. The van der Waals surface area contributed by atoms with Gasteiger partial charge in [0.2, 0.25) is 0 Å². The van der Waals surface area contributed by atoms with Crippen LogP contribution in [0.4, 0.5) is 0 Å². The van der Waals surface area contributed by atoms with Crippen molar-refractivity contribution < 1.29 is 4.74 Å². The second kappa shape index (κ2) is 8.79. The van der Waals surface area contributed by atoms with Gasteiger partial charge in [-0.05, 0) is 18.6 Å². The molecule has 0 bridgehead atoms. The second-order valence-electron chi connectivity index (χ2n) is 5.86. The number of imidazole rings is 1. The monoisotopic (exact) mass is 303 g/mol. The zero-order valence-electron chi connectivity index (χ0n) is 14.0. The molecular weight excluding hydrogens is 274 g/mol. The van der Waals surface area contributed by atoms with Gasteiger partial charge in [-0.1, -0.05) is 45.4 Å². The number of hydrogen-bond donors (Lipinski definition) is 1. The molecule has 0 unspecified atom stereocenters. The predicted octanol–water partition coefficient (Wildman–Crippen LogP) is 4.25.